The van der Waals surface area contributed by atoms with Gasteiger partial charge in [-0.15, -0.1) is 0 Å². The zero-order valence-electron chi connectivity index (χ0n) is 17.1. The van der Waals surface area contributed by atoms with E-state index in [0.29, 0.717) is 36.9 Å². The first-order chi connectivity index (χ1) is 14.1. The average molecular weight is 436 g/mol. The molecule has 0 atom stereocenters. The van der Waals surface area contributed by atoms with E-state index in [1.165, 1.54) is 12.1 Å². The lowest BCUT2D eigenvalue weighted by Gasteiger charge is -2.37. The van der Waals surface area contributed by atoms with E-state index in [2.05, 4.69) is 14.9 Å². The van der Waals surface area contributed by atoms with Crippen molar-refractivity contribution >= 4 is 34.5 Å². The van der Waals surface area contributed by atoms with E-state index in [1.807, 2.05) is 43.0 Å². The quantitative estimate of drug-likeness (QED) is 0.412. The van der Waals surface area contributed by atoms with Crippen molar-refractivity contribution < 1.29 is 13.2 Å². The fourth-order valence-corrected chi connectivity index (χ4v) is 3.34. The molecular formula is C21H24F3N5S. The number of aliphatic imine (C=N–C) groups is 1. The molecule has 0 radical (unpaired) electrons. The highest BCUT2D eigenvalue weighted by Crippen LogP contribution is 2.32. The number of anilines is 2. The van der Waals surface area contributed by atoms with E-state index >= 15 is 0 Å². The minimum absolute atomic E-state index is 0.481. The van der Waals surface area contributed by atoms with E-state index in [9.17, 15) is 13.2 Å². The minimum atomic E-state index is -4.33. The molecule has 1 aromatic carbocycles. The molecule has 1 aliphatic rings. The average Bonchev–Trinajstić information content (AvgIpc) is 2.73. The molecule has 160 valence electrons. The molecule has 2 heterocycles. The highest BCUT2D eigenvalue weighted by atomic mass is 32.1. The molecule has 5 nitrogen and oxygen atoms in total. The maximum Gasteiger partial charge on any atom is 0.416 e. The lowest BCUT2D eigenvalue weighted by atomic mass is 10.1. The van der Waals surface area contributed by atoms with Crippen LogP contribution in [0.2, 0.25) is 0 Å². The van der Waals surface area contributed by atoms with Gasteiger partial charge in [0, 0.05) is 57.7 Å². The molecule has 9 heteroatoms. The Bertz CT molecular complexity index is 917. The van der Waals surface area contributed by atoms with Gasteiger partial charge in [-0.2, -0.15) is 13.2 Å². The first-order valence-electron chi connectivity index (χ1n) is 9.55. The summed E-state index contributed by atoms with van der Waals surface area (Å²) in [7, 11) is 3.81. The zero-order chi connectivity index (χ0) is 21.9. The summed E-state index contributed by atoms with van der Waals surface area (Å²) in [4.78, 5) is 15.3. The summed E-state index contributed by atoms with van der Waals surface area (Å²) in [6.07, 6.45) is -2.62. The molecule has 0 amide bonds. The third kappa shape index (κ3) is 5.27. The summed E-state index contributed by atoms with van der Waals surface area (Å²) in [6, 6.07) is 9.28. The van der Waals surface area contributed by atoms with E-state index in [4.69, 9.17) is 12.2 Å². The summed E-state index contributed by atoms with van der Waals surface area (Å²) in [5.41, 5.74) is 0.743. The van der Waals surface area contributed by atoms with Crippen molar-refractivity contribution in [3.05, 3.63) is 53.7 Å². The first-order valence-corrected chi connectivity index (χ1v) is 9.96. The monoisotopic (exact) mass is 435 g/mol. The highest BCUT2D eigenvalue weighted by Gasteiger charge is 2.31. The number of benzene rings is 1. The molecule has 0 N–H and O–H groups in total. The molecule has 0 aliphatic carbocycles. The van der Waals surface area contributed by atoms with Crippen molar-refractivity contribution in [1.29, 1.82) is 0 Å². The fraction of sp³-hybridized carbons (Fsp3) is 0.381. The van der Waals surface area contributed by atoms with Crippen molar-refractivity contribution in [2.24, 2.45) is 4.99 Å². The number of hydrogen-bond donors (Lipinski definition) is 0. The van der Waals surface area contributed by atoms with E-state index in [0.717, 1.165) is 23.3 Å². The van der Waals surface area contributed by atoms with Crippen molar-refractivity contribution in [2.45, 2.75) is 13.1 Å². The predicted octanol–water partition coefficient (Wildman–Crippen LogP) is 4.08. The summed E-state index contributed by atoms with van der Waals surface area (Å²) in [5, 5.41) is 0. The number of amidine groups is 1. The third-order valence-electron chi connectivity index (χ3n) is 5.05. The Kier molecular flexibility index (Phi) is 6.60. The number of alkyl halides is 3. The van der Waals surface area contributed by atoms with Crippen molar-refractivity contribution in [1.82, 2.24) is 9.88 Å². The lowest BCUT2D eigenvalue weighted by molar-refractivity contribution is -0.137. The van der Waals surface area contributed by atoms with Crippen LogP contribution in [0.25, 0.3) is 0 Å². The smallest absolute Gasteiger partial charge is 0.368 e. The Hall–Kier alpha value is -2.68. The lowest BCUT2D eigenvalue weighted by Crippen LogP contribution is -2.46. The maximum absolute atomic E-state index is 13.0. The van der Waals surface area contributed by atoms with Crippen LogP contribution in [-0.2, 0) is 6.18 Å². The Labute approximate surface area is 179 Å². The second kappa shape index (κ2) is 8.99. The van der Waals surface area contributed by atoms with Crippen LogP contribution in [-0.4, -0.2) is 61.0 Å². The molecular weight excluding hydrogens is 411 g/mol. The Morgan fingerprint density at radius 3 is 2.30 bits per heavy atom. The largest absolute Gasteiger partial charge is 0.416 e. The van der Waals surface area contributed by atoms with E-state index in [1.54, 1.807) is 12.3 Å². The number of hydrogen-bond acceptors (Lipinski definition) is 4. The Balaban J connectivity index is 1.63. The maximum atomic E-state index is 13.0. The van der Waals surface area contributed by atoms with Crippen LogP contribution in [0.4, 0.5) is 24.7 Å². The highest BCUT2D eigenvalue weighted by molar-refractivity contribution is 7.80. The van der Waals surface area contributed by atoms with Crippen molar-refractivity contribution in [3.8, 4) is 0 Å². The molecule has 0 spiro atoms. The van der Waals surface area contributed by atoms with Gasteiger partial charge < -0.3 is 14.7 Å². The number of halogens is 3. The molecule has 1 saturated heterocycles. The summed E-state index contributed by atoms with van der Waals surface area (Å²) in [5.74, 6) is 1.63. The van der Waals surface area contributed by atoms with Gasteiger partial charge in [0.2, 0.25) is 0 Å². The van der Waals surface area contributed by atoms with Gasteiger partial charge in [-0.3, -0.25) is 0 Å². The summed E-state index contributed by atoms with van der Waals surface area (Å²) in [6.45, 7) is 4.47. The van der Waals surface area contributed by atoms with Crippen LogP contribution in [0.3, 0.4) is 0 Å². The molecule has 1 aromatic heterocycles. The van der Waals surface area contributed by atoms with Gasteiger partial charge in [0.05, 0.1) is 5.56 Å². The molecule has 1 fully saturated rings. The number of piperazine rings is 1. The number of pyridine rings is 1. The van der Waals surface area contributed by atoms with E-state index < -0.39 is 11.7 Å². The van der Waals surface area contributed by atoms with E-state index in [-0.39, 0.29) is 0 Å². The van der Waals surface area contributed by atoms with Crippen molar-refractivity contribution in [3.63, 3.8) is 0 Å². The number of thiocarbonyl (C=S) groups is 1. The van der Waals surface area contributed by atoms with Gasteiger partial charge in [-0.1, -0.05) is 18.3 Å². The molecule has 1 aliphatic heterocycles. The van der Waals surface area contributed by atoms with Crippen LogP contribution in [0.1, 0.15) is 18.1 Å². The Morgan fingerprint density at radius 2 is 1.73 bits per heavy atom. The third-order valence-corrected chi connectivity index (χ3v) is 5.37. The zero-order valence-corrected chi connectivity index (χ0v) is 18.0. The SMILES string of the molecule is CC(=NC(=S)c1ccc(N2CCN(c3cccc(C(F)(F)F)c3)CC2)nc1)N(C)C. The molecule has 30 heavy (non-hydrogen) atoms. The predicted molar refractivity (Wildman–Crippen MR) is 119 cm³/mol. The van der Waals surface area contributed by atoms with Gasteiger partial charge in [-0.25, -0.2) is 9.98 Å². The summed E-state index contributed by atoms with van der Waals surface area (Å²) < 4.78 is 38.9. The first kappa shape index (κ1) is 22.0. The standard InChI is InChI=1S/C21H24F3N5S/c1-15(27(2)3)26-20(30)16-7-8-19(25-14-16)29-11-9-28(10-12-29)18-6-4-5-17(13-18)21(22,23)24/h4-8,13-14H,9-12H2,1-3H3. The van der Waals surface area contributed by atoms with Crippen LogP contribution in [0.5, 0.6) is 0 Å². The fourth-order valence-electron chi connectivity index (χ4n) is 3.08. The summed E-state index contributed by atoms with van der Waals surface area (Å²) >= 11 is 5.37. The van der Waals surface area contributed by atoms with Gasteiger partial charge in [0.1, 0.15) is 16.6 Å². The number of nitrogens with zero attached hydrogens (tertiary/aromatic N) is 5. The minimum Gasteiger partial charge on any atom is -0.368 e. The van der Waals surface area contributed by atoms with Crippen LogP contribution >= 0.6 is 12.2 Å². The number of rotatable bonds is 3. The number of aromatic nitrogens is 1. The van der Waals surface area contributed by atoms with Crippen LogP contribution < -0.4 is 9.80 Å². The second-order valence-electron chi connectivity index (χ2n) is 7.29. The van der Waals surface area contributed by atoms with Crippen LogP contribution in [0.15, 0.2) is 47.6 Å². The van der Waals surface area contributed by atoms with Crippen LogP contribution in [0, 0.1) is 0 Å². The molecule has 0 unspecified atom stereocenters. The topological polar surface area (TPSA) is 35.0 Å². The normalized spacial score (nSPS) is 15.3. The molecule has 3 rings (SSSR count). The molecule has 0 saturated carbocycles. The molecule has 2 aromatic rings. The second-order valence-corrected chi connectivity index (χ2v) is 7.67. The van der Waals surface area contributed by atoms with Gasteiger partial charge in [0.25, 0.3) is 0 Å². The van der Waals surface area contributed by atoms with Gasteiger partial charge >= 0.3 is 6.18 Å². The molecule has 0 bridgehead atoms. The van der Waals surface area contributed by atoms with Gasteiger partial charge in [-0.05, 0) is 37.3 Å². The van der Waals surface area contributed by atoms with Gasteiger partial charge in [0.15, 0.2) is 0 Å². The Morgan fingerprint density at radius 1 is 1.07 bits per heavy atom. The van der Waals surface area contributed by atoms with Crippen molar-refractivity contribution in [2.75, 3.05) is 50.1 Å².